The molecule has 1 aliphatic rings. The number of rotatable bonds is 5. The van der Waals surface area contributed by atoms with E-state index in [-0.39, 0.29) is 6.04 Å². The molecule has 2 aromatic carbocycles. The minimum absolute atomic E-state index is 0.0610. The van der Waals surface area contributed by atoms with E-state index in [4.69, 9.17) is 23.2 Å². The first-order valence-corrected chi connectivity index (χ1v) is 11.1. The molecular formula is C22H32ClN5S. The van der Waals surface area contributed by atoms with Crippen molar-refractivity contribution in [2.24, 2.45) is 16.7 Å². The third-order valence-electron chi connectivity index (χ3n) is 5.22. The number of hydrogen-bond donors (Lipinski definition) is 3. The summed E-state index contributed by atoms with van der Waals surface area (Å²) in [6.45, 7) is 11.3. The maximum absolute atomic E-state index is 6.32. The first kappa shape index (κ1) is 23.5. The van der Waals surface area contributed by atoms with Crippen LogP contribution in [0.1, 0.15) is 41.7 Å². The zero-order valence-corrected chi connectivity index (χ0v) is 19.5. The molecule has 29 heavy (non-hydrogen) atoms. The van der Waals surface area contributed by atoms with E-state index in [1.54, 1.807) is 11.9 Å². The summed E-state index contributed by atoms with van der Waals surface area (Å²) < 4.78 is 2.30. The lowest BCUT2D eigenvalue weighted by molar-refractivity contribution is 0.411. The summed E-state index contributed by atoms with van der Waals surface area (Å²) in [6.07, 6.45) is 1.71. The number of amidine groups is 1. The number of hydrogen-bond acceptors (Lipinski definition) is 5. The standard InChI is InChI=1S/C20H26ClN5S.C2H6/c1-12-4-5-13(2)17(14(12)3)11-18(20(22)24-25-23)26-9-8-15-10-16(21)6-7-19(15)27-26;1-2/h4-7,10,18,25H,8-9,11,23H2,1-3H3,(H2,22,24);1-2H3. The number of nitrogens with zero attached hydrogens (tertiary/aromatic N) is 2. The van der Waals surface area contributed by atoms with Crippen molar-refractivity contribution in [3.05, 3.63) is 63.2 Å². The van der Waals surface area contributed by atoms with Crippen molar-refractivity contribution >= 4 is 29.4 Å². The molecule has 0 aromatic heterocycles. The fourth-order valence-corrected chi connectivity index (χ4v) is 4.82. The van der Waals surface area contributed by atoms with Gasteiger partial charge < -0.3 is 5.73 Å². The summed E-state index contributed by atoms with van der Waals surface area (Å²) in [5, 5.41) is 4.87. The molecule has 1 heterocycles. The molecule has 1 unspecified atom stereocenters. The van der Waals surface area contributed by atoms with Crippen LogP contribution in [0.3, 0.4) is 0 Å². The largest absolute Gasteiger partial charge is 0.384 e. The number of nitrogens with two attached hydrogens (primary N) is 2. The Kier molecular flexibility index (Phi) is 8.83. The number of benzene rings is 2. The van der Waals surface area contributed by atoms with Crippen molar-refractivity contribution in [3.8, 4) is 0 Å². The molecular weight excluding hydrogens is 402 g/mol. The number of nitrogens with one attached hydrogen (secondary N) is 1. The summed E-state index contributed by atoms with van der Waals surface area (Å²) in [5.41, 5.74) is 15.1. The average Bonchev–Trinajstić information content (AvgIpc) is 2.72. The van der Waals surface area contributed by atoms with Crippen LogP contribution in [0.15, 0.2) is 40.3 Å². The third kappa shape index (κ3) is 5.66. The molecule has 0 radical (unpaired) electrons. The van der Waals surface area contributed by atoms with Crippen LogP contribution in [0.25, 0.3) is 0 Å². The zero-order chi connectivity index (χ0) is 21.6. The van der Waals surface area contributed by atoms with Gasteiger partial charge in [-0.1, -0.05) is 37.6 Å². The van der Waals surface area contributed by atoms with Gasteiger partial charge in [-0.25, -0.2) is 15.7 Å². The molecule has 7 heteroatoms. The lowest BCUT2D eigenvalue weighted by Gasteiger charge is -2.34. The smallest absolute Gasteiger partial charge is 0.139 e. The molecule has 0 saturated carbocycles. The monoisotopic (exact) mass is 433 g/mol. The molecule has 0 amide bonds. The Morgan fingerprint density at radius 3 is 2.59 bits per heavy atom. The number of hydrazone groups is 1. The lowest BCUT2D eigenvalue weighted by atomic mass is 9.93. The minimum atomic E-state index is -0.0610. The molecule has 5 N–H and O–H groups in total. The third-order valence-corrected chi connectivity index (χ3v) is 6.72. The van der Waals surface area contributed by atoms with Gasteiger partial charge in [-0.3, -0.25) is 0 Å². The quantitative estimate of drug-likeness (QED) is 0.212. The van der Waals surface area contributed by atoms with Crippen LogP contribution >= 0.6 is 23.5 Å². The highest BCUT2D eigenvalue weighted by Crippen LogP contribution is 2.36. The summed E-state index contributed by atoms with van der Waals surface area (Å²) in [7, 11) is 0. The summed E-state index contributed by atoms with van der Waals surface area (Å²) in [5.74, 6) is 5.90. The molecule has 1 aliphatic heterocycles. The SMILES string of the molecule is CC.Cc1ccc(C)c(CC(/C(N)=N/NN)N2CCc3cc(Cl)ccc3S2)c1C. The molecule has 1 atom stereocenters. The molecule has 2 aromatic rings. The van der Waals surface area contributed by atoms with Crippen LogP contribution in [0, 0.1) is 20.8 Å². The highest BCUT2D eigenvalue weighted by Gasteiger charge is 2.29. The lowest BCUT2D eigenvalue weighted by Crippen LogP contribution is -2.46. The Labute approximate surface area is 184 Å². The first-order valence-electron chi connectivity index (χ1n) is 9.98. The second kappa shape index (κ2) is 10.9. The van der Waals surface area contributed by atoms with Gasteiger partial charge in [0.1, 0.15) is 5.84 Å². The maximum Gasteiger partial charge on any atom is 0.139 e. The predicted molar refractivity (Wildman–Crippen MR) is 126 cm³/mol. The van der Waals surface area contributed by atoms with Crippen LogP contribution in [0.5, 0.6) is 0 Å². The molecule has 0 saturated heterocycles. The van der Waals surface area contributed by atoms with Crippen molar-refractivity contribution in [1.29, 1.82) is 0 Å². The minimum Gasteiger partial charge on any atom is -0.384 e. The van der Waals surface area contributed by atoms with Gasteiger partial charge in [0, 0.05) is 16.5 Å². The number of halogens is 1. The Balaban J connectivity index is 0.00000145. The fourth-order valence-electron chi connectivity index (χ4n) is 3.47. The number of aryl methyl sites for hydroxylation is 2. The van der Waals surface area contributed by atoms with Crippen LogP contribution in [0.4, 0.5) is 0 Å². The van der Waals surface area contributed by atoms with Crippen molar-refractivity contribution < 1.29 is 0 Å². The topological polar surface area (TPSA) is 79.7 Å². The highest BCUT2D eigenvalue weighted by atomic mass is 35.5. The van der Waals surface area contributed by atoms with Crippen LogP contribution in [0.2, 0.25) is 5.02 Å². The number of hydrazine groups is 1. The van der Waals surface area contributed by atoms with Gasteiger partial charge in [0.2, 0.25) is 0 Å². The Bertz CT molecular complexity index is 869. The predicted octanol–water partition coefficient (Wildman–Crippen LogP) is 4.50. The Morgan fingerprint density at radius 1 is 1.21 bits per heavy atom. The van der Waals surface area contributed by atoms with Crippen molar-refractivity contribution in [2.75, 3.05) is 6.54 Å². The second-order valence-electron chi connectivity index (χ2n) is 6.92. The normalized spacial score (nSPS) is 15.2. The van der Waals surface area contributed by atoms with Gasteiger partial charge in [0.15, 0.2) is 0 Å². The van der Waals surface area contributed by atoms with Gasteiger partial charge >= 0.3 is 0 Å². The van der Waals surface area contributed by atoms with Crippen LogP contribution < -0.4 is 17.1 Å². The van der Waals surface area contributed by atoms with Crippen LogP contribution in [-0.4, -0.2) is 22.7 Å². The zero-order valence-electron chi connectivity index (χ0n) is 17.9. The molecule has 0 bridgehead atoms. The average molecular weight is 434 g/mol. The van der Waals surface area contributed by atoms with E-state index in [1.807, 2.05) is 26.0 Å². The molecule has 0 spiro atoms. The fraction of sp³-hybridized carbons (Fsp3) is 0.409. The van der Waals surface area contributed by atoms with E-state index in [2.05, 4.69) is 53.9 Å². The Hall–Kier alpha value is -1.73. The summed E-state index contributed by atoms with van der Waals surface area (Å²) >= 11 is 7.85. The van der Waals surface area contributed by atoms with E-state index < -0.39 is 0 Å². The van der Waals surface area contributed by atoms with Gasteiger partial charge in [0.25, 0.3) is 0 Å². The molecule has 158 valence electrons. The molecule has 5 nitrogen and oxygen atoms in total. The van der Waals surface area contributed by atoms with Gasteiger partial charge in [-0.15, -0.1) is 0 Å². The summed E-state index contributed by atoms with van der Waals surface area (Å²) in [4.78, 5) is 1.21. The molecule has 0 aliphatic carbocycles. The van der Waals surface area contributed by atoms with Crippen molar-refractivity contribution in [1.82, 2.24) is 9.84 Å². The first-order chi connectivity index (χ1) is 13.9. The van der Waals surface area contributed by atoms with E-state index in [0.717, 1.165) is 24.4 Å². The molecule has 3 rings (SSSR count). The van der Waals surface area contributed by atoms with Gasteiger partial charge in [-0.05, 0) is 91.6 Å². The summed E-state index contributed by atoms with van der Waals surface area (Å²) in [6, 6.07) is 10.3. The van der Waals surface area contributed by atoms with Gasteiger partial charge in [-0.2, -0.15) is 5.10 Å². The van der Waals surface area contributed by atoms with E-state index in [0.29, 0.717) is 5.84 Å². The number of fused-ring (bicyclic) bond motifs is 1. The van der Waals surface area contributed by atoms with Crippen molar-refractivity contribution in [2.45, 2.75) is 58.4 Å². The molecule has 0 fully saturated rings. The van der Waals surface area contributed by atoms with E-state index in [1.165, 1.54) is 32.7 Å². The maximum atomic E-state index is 6.32. The van der Waals surface area contributed by atoms with Crippen molar-refractivity contribution in [3.63, 3.8) is 0 Å². The second-order valence-corrected chi connectivity index (χ2v) is 8.45. The van der Waals surface area contributed by atoms with E-state index >= 15 is 0 Å². The highest BCUT2D eigenvalue weighted by molar-refractivity contribution is 7.97. The van der Waals surface area contributed by atoms with E-state index in [9.17, 15) is 0 Å². The van der Waals surface area contributed by atoms with Crippen LogP contribution in [-0.2, 0) is 12.8 Å². The van der Waals surface area contributed by atoms with Gasteiger partial charge in [0.05, 0.1) is 6.04 Å². The Morgan fingerprint density at radius 2 is 1.90 bits per heavy atom.